The fraction of sp³-hybridized carbons (Fsp3) is 0.733. The van der Waals surface area contributed by atoms with E-state index < -0.39 is 11.2 Å². The van der Waals surface area contributed by atoms with Crippen molar-refractivity contribution in [1.29, 1.82) is 0 Å². The highest BCUT2D eigenvalue weighted by Crippen LogP contribution is 2.66. The van der Waals surface area contributed by atoms with E-state index in [1.807, 2.05) is 0 Å². The molecule has 2 saturated carbocycles. The molecule has 2 saturated heterocycles. The maximum atomic E-state index is 14.1. The van der Waals surface area contributed by atoms with E-state index >= 15 is 0 Å². The van der Waals surface area contributed by atoms with Gasteiger partial charge >= 0.3 is 0 Å². The molecule has 1 aromatic heterocycles. The molecule has 7 nitrogen and oxygen atoms in total. The summed E-state index contributed by atoms with van der Waals surface area (Å²) in [5.41, 5.74) is 5.43. The highest BCUT2D eigenvalue weighted by molar-refractivity contribution is 6.06. The number of ketones is 1. The Balaban J connectivity index is 0.000000530. The summed E-state index contributed by atoms with van der Waals surface area (Å²) >= 11 is 0. The molecule has 0 bridgehead atoms. The number of aromatic amines is 1. The lowest BCUT2D eigenvalue weighted by Gasteiger charge is -2.59. The van der Waals surface area contributed by atoms with Crippen LogP contribution < -0.4 is 0 Å². The minimum absolute atomic E-state index is 0.0303. The highest BCUT2D eigenvalue weighted by atomic mass is 16.6. The van der Waals surface area contributed by atoms with E-state index in [1.165, 1.54) is 60.3 Å². The number of hydrogen-bond donors (Lipinski definition) is 2. The van der Waals surface area contributed by atoms with Crippen LogP contribution in [0.4, 0.5) is 0 Å². The third-order valence-electron chi connectivity index (χ3n) is 13.7. The number of hydrogen-bond acceptors (Lipinski definition) is 6. The van der Waals surface area contributed by atoms with Crippen molar-refractivity contribution in [1.82, 2.24) is 4.98 Å². The fourth-order valence-electron chi connectivity index (χ4n) is 12.0. The Labute approximate surface area is 313 Å². The van der Waals surface area contributed by atoms with Crippen molar-refractivity contribution >= 4 is 23.0 Å². The van der Waals surface area contributed by atoms with Gasteiger partial charge in [-0.15, -0.1) is 12.8 Å². The van der Waals surface area contributed by atoms with Gasteiger partial charge in [0.15, 0.2) is 5.78 Å². The van der Waals surface area contributed by atoms with E-state index in [2.05, 4.69) is 99.2 Å². The summed E-state index contributed by atoms with van der Waals surface area (Å²) in [6.45, 7) is 23.0. The monoisotopic (exact) mass is 717 g/mol. The van der Waals surface area contributed by atoms with Gasteiger partial charge in [-0.2, -0.15) is 0 Å². The topological polar surface area (TPSA) is 97.9 Å². The molecule has 288 valence electrons. The number of benzene rings is 1. The molecule has 2 aromatic rings. The number of rotatable bonds is 3. The number of terminal acetylenes is 1. The number of aliphatic hydroxyl groups excluding tert-OH is 1. The second kappa shape index (κ2) is 15.0. The molecule has 1 aromatic carbocycles. The Hall–Kier alpha value is -2.50. The van der Waals surface area contributed by atoms with Crippen LogP contribution in [-0.2, 0) is 31.8 Å². The molecule has 52 heavy (non-hydrogen) atoms. The second-order valence-corrected chi connectivity index (χ2v) is 18.9. The van der Waals surface area contributed by atoms with Crippen molar-refractivity contribution in [3.63, 3.8) is 0 Å². The maximum Gasteiger partial charge on any atom is 0.169 e. The highest BCUT2D eigenvalue weighted by Gasteiger charge is 2.61. The Kier molecular flexibility index (Phi) is 11.7. The van der Waals surface area contributed by atoms with Crippen molar-refractivity contribution in [2.75, 3.05) is 6.79 Å². The first-order chi connectivity index (χ1) is 24.4. The van der Waals surface area contributed by atoms with Gasteiger partial charge < -0.3 is 29.1 Å². The summed E-state index contributed by atoms with van der Waals surface area (Å²) in [5, 5.41) is 10.8. The van der Waals surface area contributed by atoms with Gasteiger partial charge in [0.2, 0.25) is 0 Å². The van der Waals surface area contributed by atoms with Crippen molar-refractivity contribution in [3.8, 4) is 12.8 Å². The van der Waals surface area contributed by atoms with Crippen LogP contribution in [0, 0.1) is 53.8 Å². The van der Waals surface area contributed by atoms with E-state index in [0.717, 1.165) is 43.5 Å². The smallest absolute Gasteiger partial charge is 0.169 e. The van der Waals surface area contributed by atoms with E-state index in [-0.39, 0.29) is 47.6 Å². The standard InChI is InChI=1S/C37H51NO5.C4H10.C2H4O.C2H2/c1-34(2)25-17-22-20(33(40)31(25)36(5,6)43-34)9-12-26-29(22)23-16-19-8-11-24-21-10-13-28(35(3,4)41-18-39)42-27(21)14-15-37(24,7)30(19)32(23)38-26;1-4(2)3;1-2-3;1-2/h9,12,19,21,24-25,27-28,30-31,38-39H,8,10-11,13-18H2,1-7H3;4H,1-3H3;2H,1H3;1-2H/t19?,21?,24?,25?,27?,28-,30?,31?,37-;;;/m0.../s1. The third kappa shape index (κ3) is 6.84. The van der Waals surface area contributed by atoms with E-state index in [1.54, 1.807) is 0 Å². The lowest BCUT2D eigenvalue weighted by atomic mass is 9.49. The summed E-state index contributed by atoms with van der Waals surface area (Å²) in [6, 6.07) is 4.30. The summed E-state index contributed by atoms with van der Waals surface area (Å²) in [6.07, 6.45) is 18.1. The van der Waals surface area contributed by atoms with E-state index in [0.29, 0.717) is 23.7 Å². The van der Waals surface area contributed by atoms with Crippen molar-refractivity contribution in [2.45, 2.75) is 162 Å². The molecule has 0 radical (unpaired) electrons. The summed E-state index contributed by atoms with van der Waals surface area (Å²) in [4.78, 5) is 26.9. The number of fused-ring (bicyclic) bond motifs is 12. The Morgan fingerprint density at radius 2 is 1.62 bits per heavy atom. The number of carbonyl (C=O) groups excluding carboxylic acids is 2. The number of H-pyrrole nitrogens is 1. The van der Waals surface area contributed by atoms with Crippen LogP contribution in [0.5, 0.6) is 0 Å². The van der Waals surface area contributed by atoms with E-state index in [4.69, 9.17) is 19.0 Å². The van der Waals surface area contributed by atoms with Gasteiger partial charge in [-0.25, -0.2) is 0 Å². The van der Waals surface area contributed by atoms with Gasteiger partial charge in [0.05, 0.1) is 34.9 Å². The normalized spacial score (nSPS) is 34.7. The van der Waals surface area contributed by atoms with Crippen molar-refractivity contribution in [2.24, 2.45) is 40.9 Å². The third-order valence-corrected chi connectivity index (χ3v) is 13.7. The largest absolute Gasteiger partial charge is 0.372 e. The molecule has 3 heterocycles. The zero-order valence-corrected chi connectivity index (χ0v) is 33.9. The fourth-order valence-corrected chi connectivity index (χ4v) is 12.0. The number of aromatic nitrogens is 1. The van der Waals surface area contributed by atoms with Crippen LogP contribution in [0.3, 0.4) is 0 Å². The Morgan fingerprint density at radius 1 is 0.962 bits per heavy atom. The zero-order valence-electron chi connectivity index (χ0n) is 33.9. The Bertz CT molecular complexity index is 1630. The number of ether oxygens (including phenoxy) is 3. The Morgan fingerprint density at radius 3 is 2.25 bits per heavy atom. The molecule has 7 heteroatoms. The van der Waals surface area contributed by atoms with Crippen molar-refractivity contribution in [3.05, 3.63) is 34.5 Å². The second-order valence-electron chi connectivity index (χ2n) is 18.9. The van der Waals surface area contributed by atoms with Gasteiger partial charge in [-0.1, -0.05) is 27.7 Å². The minimum atomic E-state index is -0.473. The summed E-state index contributed by atoms with van der Waals surface area (Å²) in [5.74, 6) is 3.67. The zero-order chi connectivity index (χ0) is 38.6. The molecule has 2 aliphatic heterocycles. The molecule has 7 unspecified atom stereocenters. The molecule has 8 rings (SSSR count). The lowest BCUT2D eigenvalue weighted by molar-refractivity contribution is -0.227. The van der Waals surface area contributed by atoms with Gasteiger partial charge in [-0.3, -0.25) is 4.79 Å². The minimum Gasteiger partial charge on any atom is -0.372 e. The van der Waals surface area contributed by atoms with Crippen molar-refractivity contribution < 1.29 is 28.9 Å². The quantitative estimate of drug-likeness (QED) is 0.187. The molecule has 9 atom stereocenters. The van der Waals surface area contributed by atoms with Gasteiger partial charge in [0.25, 0.3) is 0 Å². The van der Waals surface area contributed by atoms with Crippen LogP contribution >= 0.6 is 0 Å². The van der Waals surface area contributed by atoms with E-state index in [9.17, 15) is 9.90 Å². The number of aldehydes is 1. The predicted molar refractivity (Wildman–Crippen MR) is 208 cm³/mol. The maximum absolute atomic E-state index is 14.1. The van der Waals surface area contributed by atoms with Crippen LogP contribution in [0.25, 0.3) is 10.9 Å². The summed E-state index contributed by atoms with van der Waals surface area (Å²) < 4.78 is 19.0. The molecule has 6 aliphatic rings. The predicted octanol–water partition coefficient (Wildman–Crippen LogP) is 9.22. The number of aliphatic hydroxyl groups is 1. The van der Waals surface area contributed by atoms with Crippen LogP contribution in [0.15, 0.2) is 12.1 Å². The lowest BCUT2D eigenvalue weighted by Crippen LogP contribution is -2.56. The number of nitrogens with one attached hydrogen (secondary N) is 1. The summed E-state index contributed by atoms with van der Waals surface area (Å²) in [7, 11) is 0. The molecule has 0 spiro atoms. The average molecular weight is 718 g/mol. The number of Topliss-reactive ketones (excluding diaryl/α,β-unsaturated/α-hetero) is 1. The molecule has 4 aliphatic carbocycles. The first-order valence-corrected chi connectivity index (χ1v) is 20.0. The number of carbonyl (C=O) groups is 2. The van der Waals surface area contributed by atoms with Crippen LogP contribution in [-0.4, -0.2) is 58.0 Å². The van der Waals surface area contributed by atoms with Gasteiger partial charge in [0, 0.05) is 34.0 Å². The first kappa shape index (κ1) is 40.7. The van der Waals surface area contributed by atoms with Gasteiger partial charge in [0.1, 0.15) is 13.1 Å². The molecular weight excluding hydrogens is 650 g/mol. The van der Waals surface area contributed by atoms with Crippen LogP contribution in [0.1, 0.15) is 148 Å². The molecule has 2 N–H and O–H groups in total. The molecule has 0 amide bonds. The molecule has 4 fully saturated rings. The SMILES string of the molecule is C#C.CC(C)C.CC1(C)OC(C)(C)C2C(=O)c3ccc4[nH]c5c(c4c3CC21)CC1CCC2C3CC[C@@H](C(C)(C)OCO)OC3CC[C@]2(C)C51.CC=O. The average Bonchev–Trinajstić information content (AvgIpc) is 3.66. The van der Waals surface area contributed by atoms with Gasteiger partial charge in [-0.05, 0) is 152 Å². The molecular formula is C45H67NO6. The first-order valence-electron chi connectivity index (χ1n) is 20.0. The van der Waals surface area contributed by atoms with Crippen LogP contribution in [0.2, 0.25) is 0 Å².